The SMILES string of the molecule is O=C(O)C(F)(F)F.O=C([C@@H]1C[C@H](N2C(=O)c3ccc([N+](=O)[O-])cc3C2=O)CN1)N1CCSC1. The molecule has 0 saturated carbocycles. The summed E-state index contributed by atoms with van der Waals surface area (Å²) in [7, 11) is 0. The molecule has 1 aromatic carbocycles. The minimum atomic E-state index is -5.08. The molecular weight excluding hydrogens is 473 g/mol. The lowest BCUT2D eigenvalue weighted by Crippen LogP contribution is -2.42. The van der Waals surface area contributed by atoms with Crippen LogP contribution in [0.25, 0.3) is 0 Å². The van der Waals surface area contributed by atoms with E-state index in [1.807, 2.05) is 0 Å². The second kappa shape index (κ2) is 9.35. The van der Waals surface area contributed by atoms with E-state index in [1.165, 1.54) is 12.1 Å². The van der Waals surface area contributed by atoms with Crippen LogP contribution in [0, 0.1) is 10.1 Å². The van der Waals surface area contributed by atoms with E-state index in [-0.39, 0.29) is 22.7 Å². The fourth-order valence-corrected chi connectivity index (χ4v) is 4.56. The van der Waals surface area contributed by atoms with Crippen molar-refractivity contribution in [2.75, 3.05) is 24.7 Å². The molecule has 2 N–H and O–H groups in total. The third kappa shape index (κ3) is 5.08. The second-order valence-electron chi connectivity index (χ2n) is 7.26. The third-order valence-electron chi connectivity index (χ3n) is 5.19. The third-order valence-corrected chi connectivity index (χ3v) is 6.16. The summed E-state index contributed by atoms with van der Waals surface area (Å²) in [6.45, 7) is 1.05. The van der Waals surface area contributed by atoms with Gasteiger partial charge in [-0.3, -0.25) is 29.4 Å². The van der Waals surface area contributed by atoms with E-state index in [0.29, 0.717) is 25.4 Å². The summed E-state index contributed by atoms with van der Waals surface area (Å²) in [5.41, 5.74) is -0.00266. The van der Waals surface area contributed by atoms with Gasteiger partial charge in [0.15, 0.2) is 0 Å². The Balaban J connectivity index is 0.000000383. The molecule has 2 saturated heterocycles. The highest BCUT2D eigenvalue weighted by Gasteiger charge is 2.45. The Hall–Kier alpha value is -3.20. The van der Waals surface area contributed by atoms with Gasteiger partial charge in [0.25, 0.3) is 17.5 Å². The van der Waals surface area contributed by atoms with Crippen LogP contribution >= 0.6 is 11.8 Å². The Labute approximate surface area is 188 Å². The summed E-state index contributed by atoms with van der Waals surface area (Å²) in [5.74, 6) is -2.18. The van der Waals surface area contributed by atoms with E-state index < -0.39 is 41.0 Å². The highest BCUT2D eigenvalue weighted by Crippen LogP contribution is 2.30. The van der Waals surface area contributed by atoms with Crippen LogP contribution in [0.3, 0.4) is 0 Å². The first kappa shape index (κ1) is 24.4. The molecule has 4 rings (SSSR count). The van der Waals surface area contributed by atoms with Crippen molar-refractivity contribution >= 4 is 41.1 Å². The van der Waals surface area contributed by atoms with E-state index in [9.17, 15) is 37.7 Å². The number of carboxylic acid groups (broad SMARTS) is 1. The van der Waals surface area contributed by atoms with Gasteiger partial charge in [-0.25, -0.2) is 4.79 Å². The molecule has 0 aromatic heterocycles. The fourth-order valence-electron chi connectivity index (χ4n) is 3.60. The number of carbonyl (C=O) groups excluding carboxylic acids is 3. The highest BCUT2D eigenvalue weighted by atomic mass is 32.2. The fraction of sp³-hybridized carbons (Fsp3) is 0.444. The van der Waals surface area contributed by atoms with Crippen molar-refractivity contribution in [3.63, 3.8) is 0 Å². The van der Waals surface area contributed by atoms with Crippen LogP contribution in [-0.4, -0.2) is 86.5 Å². The number of fused-ring (bicyclic) bond motifs is 1. The van der Waals surface area contributed by atoms with Gasteiger partial charge < -0.3 is 15.3 Å². The van der Waals surface area contributed by atoms with Crippen molar-refractivity contribution in [3.05, 3.63) is 39.4 Å². The number of amides is 3. The normalized spacial score (nSPS) is 22.2. The molecule has 3 heterocycles. The number of aliphatic carboxylic acids is 1. The van der Waals surface area contributed by atoms with E-state index in [1.54, 1.807) is 16.7 Å². The Morgan fingerprint density at radius 2 is 1.85 bits per heavy atom. The van der Waals surface area contributed by atoms with E-state index in [0.717, 1.165) is 16.7 Å². The van der Waals surface area contributed by atoms with Gasteiger partial charge in [-0.1, -0.05) is 0 Å². The molecule has 3 amide bonds. The molecule has 33 heavy (non-hydrogen) atoms. The van der Waals surface area contributed by atoms with Crippen molar-refractivity contribution in [1.82, 2.24) is 15.1 Å². The van der Waals surface area contributed by atoms with Gasteiger partial charge in [0.05, 0.1) is 34.0 Å². The van der Waals surface area contributed by atoms with Crippen LogP contribution in [-0.2, 0) is 9.59 Å². The molecule has 2 fully saturated rings. The van der Waals surface area contributed by atoms with Crippen molar-refractivity contribution in [3.8, 4) is 0 Å². The first-order chi connectivity index (χ1) is 15.4. The molecule has 2 atom stereocenters. The Morgan fingerprint density at radius 3 is 2.39 bits per heavy atom. The Bertz CT molecular complexity index is 1010. The molecule has 15 heteroatoms. The van der Waals surface area contributed by atoms with Crippen LogP contribution < -0.4 is 5.32 Å². The zero-order valence-corrected chi connectivity index (χ0v) is 17.5. The molecule has 11 nitrogen and oxygen atoms in total. The molecule has 1 aromatic rings. The molecule has 3 aliphatic heterocycles. The zero-order chi connectivity index (χ0) is 24.5. The lowest BCUT2D eigenvalue weighted by molar-refractivity contribution is -0.384. The van der Waals surface area contributed by atoms with Crippen molar-refractivity contribution in [2.45, 2.75) is 24.7 Å². The smallest absolute Gasteiger partial charge is 0.475 e. The van der Waals surface area contributed by atoms with Crippen LogP contribution in [0.5, 0.6) is 0 Å². The number of hydrogen-bond acceptors (Lipinski definition) is 8. The number of rotatable bonds is 3. The molecule has 0 spiro atoms. The molecule has 178 valence electrons. The second-order valence-corrected chi connectivity index (χ2v) is 8.33. The number of halogens is 3. The molecule has 0 radical (unpaired) electrons. The topological polar surface area (TPSA) is 150 Å². The lowest BCUT2D eigenvalue weighted by Gasteiger charge is -2.22. The van der Waals surface area contributed by atoms with Gasteiger partial charge in [0, 0.05) is 31.0 Å². The largest absolute Gasteiger partial charge is 0.490 e. The molecule has 0 unspecified atom stereocenters. The number of thioether (sulfide) groups is 1. The number of benzene rings is 1. The summed E-state index contributed by atoms with van der Waals surface area (Å²) in [5, 5.41) is 21.1. The van der Waals surface area contributed by atoms with Crippen LogP contribution in [0.4, 0.5) is 18.9 Å². The van der Waals surface area contributed by atoms with Crippen molar-refractivity contribution in [1.29, 1.82) is 0 Å². The number of alkyl halides is 3. The van der Waals surface area contributed by atoms with Crippen LogP contribution in [0.15, 0.2) is 18.2 Å². The Kier molecular flexibility index (Phi) is 6.92. The average molecular weight is 490 g/mol. The molecule has 3 aliphatic rings. The van der Waals surface area contributed by atoms with Gasteiger partial charge in [0.2, 0.25) is 5.91 Å². The lowest BCUT2D eigenvalue weighted by atomic mass is 10.1. The molecule has 0 bridgehead atoms. The predicted molar refractivity (Wildman–Crippen MR) is 107 cm³/mol. The highest BCUT2D eigenvalue weighted by molar-refractivity contribution is 7.99. The maximum absolute atomic E-state index is 12.7. The monoisotopic (exact) mass is 490 g/mol. The quantitative estimate of drug-likeness (QED) is 0.360. The van der Waals surface area contributed by atoms with Crippen LogP contribution in [0.2, 0.25) is 0 Å². The molecule has 0 aliphatic carbocycles. The van der Waals surface area contributed by atoms with Crippen molar-refractivity contribution in [2.24, 2.45) is 0 Å². The maximum Gasteiger partial charge on any atom is 0.490 e. The van der Waals surface area contributed by atoms with Gasteiger partial charge in [-0.05, 0) is 12.5 Å². The van der Waals surface area contributed by atoms with E-state index in [2.05, 4.69) is 5.32 Å². The van der Waals surface area contributed by atoms with Crippen LogP contribution in [0.1, 0.15) is 27.1 Å². The zero-order valence-electron chi connectivity index (χ0n) is 16.7. The number of hydrogen-bond donors (Lipinski definition) is 2. The maximum atomic E-state index is 12.7. The standard InChI is InChI=1S/C16H16N4O5S.C2HF3O2/c21-14-11-2-1-9(20(24)25)5-12(11)15(22)19(14)10-6-13(17-7-10)16(23)18-3-4-26-8-18;3-2(4,5)1(6)7/h1-2,5,10,13,17H,3-4,6-8H2;(H,6,7)/t10-,13-;/m0./s1. The minimum Gasteiger partial charge on any atom is -0.475 e. The Morgan fingerprint density at radius 1 is 1.21 bits per heavy atom. The van der Waals surface area contributed by atoms with Gasteiger partial charge in [0.1, 0.15) is 0 Å². The summed E-state index contributed by atoms with van der Waals surface area (Å²) in [6, 6.07) is 2.82. The number of nitrogens with one attached hydrogen (secondary N) is 1. The predicted octanol–water partition coefficient (Wildman–Crippen LogP) is 1.09. The number of non-ortho nitro benzene ring substituents is 1. The molecular formula is C18H17F3N4O7S. The van der Waals surface area contributed by atoms with Crippen molar-refractivity contribution < 1.29 is 42.4 Å². The summed E-state index contributed by atoms with van der Waals surface area (Å²) < 4.78 is 31.7. The average Bonchev–Trinajstić information content (AvgIpc) is 3.48. The summed E-state index contributed by atoms with van der Waals surface area (Å²) in [6.07, 6.45) is -4.73. The minimum absolute atomic E-state index is 0.00949. The number of nitro groups is 1. The first-order valence-corrected chi connectivity index (χ1v) is 10.6. The number of imide groups is 1. The van der Waals surface area contributed by atoms with Gasteiger partial charge in [-0.15, -0.1) is 11.8 Å². The summed E-state index contributed by atoms with van der Waals surface area (Å²) in [4.78, 5) is 59.9. The van der Waals surface area contributed by atoms with E-state index in [4.69, 9.17) is 9.90 Å². The first-order valence-electron chi connectivity index (χ1n) is 9.48. The number of nitro benzene ring substituents is 1. The number of carboxylic acids is 1. The summed E-state index contributed by atoms with van der Waals surface area (Å²) >= 11 is 1.70. The van der Waals surface area contributed by atoms with E-state index >= 15 is 0 Å². The number of nitrogens with zero attached hydrogens (tertiary/aromatic N) is 3. The number of carbonyl (C=O) groups is 4. The van der Waals surface area contributed by atoms with Gasteiger partial charge in [-0.2, -0.15) is 13.2 Å². The van der Waals surface area contributed by atoms with Gasteiger partial charge >= 0.3 is 12.1 Å².